The number of thiazole rings is 1. The summed E-state index contributed by atoms with van der Waals surface area (Å²) in [5.74, 6) is -2.35. The van der Waals surface area contributed by atoms with E-state index < -0.39 is 35.7 Å². The molecule has 196 valence electrons. The summed E-state index contributed by atoms with van der Waals surface area (Å²) in [6, 6.07) is 2.39. The van der Waals surface area contributed by atoms with E-state index in [0.717, 1.165) is 15.9 Å². The Hall–Kier alpha value is -3.64. The van der Waals surface area contributed by atoms with Gasteiger partial charge in [-0.15, -0.1) is 11.3 Å². The van der Waals surface area contributed by atoms with Crippen LogP contribution >= 0.6 is 22.9 Å². The number of halogens is 2. The molecule has 1 unspecified atom stereocenters. The number of hydrogen-bond donors (Lipinski definition) is 2. The van der Waals surface area contributed by atoms with Crippen molar-refractivity contribution in [2.24, 2.45) is 0 Å². The van der Waals surface area contributed by atoms with Crippen LogP contribution in [-0.2, 0) is 27.4 Å². The van der Waals surface area contributed by atoms with Crippen LogP contribution in [0.4, 0.5) is 9.18 Å². The normalized spacial score (nSPS) is 22.7. The minimum absolute atomic E-state index is 0.0232. The third kappa shape index (κ3) is 4.27. The molecule has 1 atom stereocenters. The highest BCUT2D eigenvalue weighted by molar-refractivity contribution is 7.16. The van der Waals surface area contributed by atoms with Crippen LogP contribution in [0, 0.1) is 5.82 Å². The van der Waals surface area contributed by atoms with Gasteiger partial charge in [0.1, 0.15) is 23.5 Å². The van der Waals surface area contributed by atoms with Crippen molar-refractivity contribution >= 4 is 57.0 Å². The van der Waals surface area contributed by atoms with Crippen molar-refractivity contribution in [3.63, 3.8) is 0 Å². The van der Waals surface area contributed by atoms with Gasteiger partial charge in [-0.1, -0.05) is 11.6 Å². The van der Waals surface area contributed by atoms with Crippen LogP contribution in [0.15, 0.2) is 23.8 Å². The molecule has 3 aromatic rings. The molecule has 1 saturated carbocycles. The third-order valence-electron chi connectivity index (χ3n) is 7.24. The smallest absolute Gasteiger partial charge is 0.407 e. The predicted molar refractivity (Wildman–Crippen MR) is 134 cm³/mol. The van der Waals surface area contributed by atoms with Crippen molar-refractivity contribution in [1.29, 1.82) is 0 Å². The fourth-order valence-corrected chi connectivity index (χ4v) is 6.16. The molecule has 2 aliphatic heterocycles. The van der Waals surface area contributed by atoms with Gasteiger partial charge in [0.2, 0.25) is 11.8 Å². The first-order valence-electron chi connectivity index (χ1n) is 12.1. The van der Waals surface area contributed by atoms with Crippen molar-refractivity contribution in [3.05, 3.63) is 57.1 Å². The summed E-state index contributed by atoms with van der Waals surface area (Å²) in [5, 5.41) is 4.88. The number of carbonyl (C=O) groups is 4. The standard InChI is InChI=1S/C25H21ClFN5O5S/c26-15-7-12(20(27)19-14(15)9-32(24(19)35)16-1-2-18(33)31-23(16)34)8-29-25(36)37-13-5-11(6-13)21-22-17(3-4-28-21)38-10-30-22/h3-4,7,10-11,13,16H,1-2,5-6,8-9H2,(H,29,36)(H,31,33,34). The van der Waals surface area contributed by atoms with E-state index in [9.17, 15) is 19.2 Å². The Morgan fingerprint density at radius 3 is 2.89 bits per heavy atom. The number of imide groups is 1. The second-order valence-corrected chi connectivity index (χ2v) is 10.8. The number of hydrogen-bond acceptors (Lipinski definition) is 8. The van der Waals surface area contributed by atoms with E-state index >= 15 is 4.39 Å². The first-order valence-corrected chi connectivity index (χ1v) is 13.3. The van der Waals surface area contributed by atoms with Gasteiger partial charge in [0.15, 0.2) is 0 Å². The molecule has 38 heavy (non-hydrogen) atoms. The highest BCUT2D eigenvalue weighted by atomic mass is 35.5. The number of amides is 4. The number of piperidine rings is 1. The number of carbonyl (C=O) groups excluding carboxylic acids is 4. The zero-order chi connectivity index (χ0) is 26.6. The number of alkyl carbamates (subject to hydrolysis) is 1. The Labute approximate surface area is 224 Å². The van der Waals surface area contributed by atoms with E-state index in [1.165, 1.54) is 11.0 Å². The summed E-state index contributed by atoms with van der Waals surface area (Å²) in [7, 11) is 0. The Morgan fingerprint density at radius 2 is 2.11 bits per heavy atom. The number of pyridine rings is 1. The van der Waals surface area contributed by atoms with Gasteiger partial charge in [0.05, 0.1) is 21.5 Å². The lowest BCUT2D eigenvalue weighted by molar-refractivity contribution is -0.136. The lowest BCUT2D eigenvalue weighted by Crippen LogP contribution is -2.52. The molecular formula is C25H21ClFN5O5S. The highest BCUT2D eigenvalue weighted by Gasteiger charge is 2.42. The number of nitrogens with one attached hydrogen (secondary N) is 2. The van der Waals surface area contributed by atoms with Crippen LogP contribution in [0.1, 0.15) is 58.8 Å². The maximum Gasteiger partial charge on any atom is 0.407 e. The van der Waals surface area contributed by atoms with Gasteiger partial charge in [0, 0.05) is 47.8 Å². The van der Waals surface area contributed by atoms with Gasteiger partial charge in [-0.3, -0.25) is 24.7 Å². The molecule has 13 heteroatoms. The highest BCUT2D eigenvalue weighted by Crippen LogP contribution is 2.41. The van der Waals surface area contributed by atoms with Crippen LogP contribution in [0.3, 0.4) is 0 Å². The van der Waals surface area contributed by atoms with Crippen molar-refractivity contribution in [3.8, 4) is 0 Å². The number of benzene rings is 1. The van der Waals surface area contributed by atoms with E-state index in [1.54, 1.807) is 23.0 Å². The fourth-order valence-electron chi connectivity index (χ4n) is 5.20. The molecule has 1 aliphatic carbocycles. The quantitative estimate of drug-likeness (QED) is 0.460. The van der Waals surface area contributed by atoms with Crippen LogP contribution in [0.5, 0.6) is 0 Å². The van der Waals surface area contributed by atoms with E-state index in [0.29, 0.717) is 12.8 Å². The summed E-state index contributed by atoms with van der Waals surface area (Å²) < 4.78 is 21.9. The lowest BCUT2D eigenvalue weighted by atomic mass is 9.79. The number of ether oxygens (including phenoxy) is 1. The Kier molecular flexibility index (Phi) is 6.23. The van der Waals surface area contributed by atoms with E-state index in [1.807, 2.05) is 6.07 Å². The third-order valence-corrected chi connectivity index (χ3v) is 8.37. The molecule has 0 radical (unpaired) electrons. The van der Waals surface area contributed by atoms with E-state index in [4.69, 9.17) is 16.3 Å². The molecule has 6 rings (SSSR count). The van der Waals surface area contributed by atoms with Gasteiger partial charge < -0.3 is 15.0 Å². The zero-order valence-corrected chi connectivity index (χ0v) is 21.4. The van der Waals surface area contributed by atoms with Crippen molar-refractivity contribution in [2.45, 2.75) is 56.8 Å². The molecule has 10 nitrogen and oxygen atoms in total. The Bertz CT molecular complexity index is 1510. The first kappa shape index (κ1) is 24.7. The maximum absolute atomic E-state index is 15.4. The molecule has 1 aromatic carbocycles. The largest absolute Gasteiger partial charge is 0.446 e. The average Bonchev–Trinajstić information content (AvgIpc) is 3.48. The summed E-state index contributed by atoms with van der Waals surface area (Å²) in [6.07, 6.45) is 2.21. The van der Waals surface area contributed by atoms with Gasteiger partial charge in [-0.05, 0) is 31.4 Å². The van der Waals surface area contributed by atoms with E-state index in [-0.39, 0.29) is 59.7 Å². The second kappa shape index (κ2) is 9.59. The van der Waals surface area contributed by atoms with Crippen molar-refractivity contribution in [1.82, 2.24) is 25.5 Å². The fraction of sp³-hybridized carbons (Fsp3) is 0.360. The lowest BCUT2D eigenvalue weighted by Gasteiger charge is -2.34. The first-order chi connectivity index (χ1) is 18.3. The van der Waals surface area contributed by atoms with Gasteiger partial charge >= 0.3 is 6.09 Å². The summed E-state index contributed by atoms with van der Waals surface area (Å²) in [6.45, 7) is -0.280. The summed E-state index contributed by atoms with van der Waals surface area (Å²) >= 11 is 7.91. The molecule has 1 saturated heterocycles. The molecule has 3 aliphatic rings. The van der Waals surface area contributed by atoms with Gasteiger partial charge in [-0.25, -0.2) is 14.2 Å². The molecule has 0 spiro atoms. The monoisotopic (exact) mass is 557 g/mol. The molecule has 2 fully saturated rings. The van der Waals surface area contributed by atoms with Crippen LogP contribution < -0.4 is 10.6 Å². The van der Waals surface area contributed by atoms with Crippen LogP contribution in [0.2, 0.25) is 5.02 Å². The molecule has 4 heterocycles. The number of rotatable bonds is 5. The molecule has 0 bridgehead atoms. The van der Waals surface area contributed by atoms with Gasteiger partial charge in [-0.2, -0.15) is 0 Å². The predicted octanol–water partition coefficient (Wildman–Crippen LogP) is 3.42. The maximum atomic E-state index is 15.4. The van der Waals surface area contributed by atoms with Crippen LogP contribution in [-0.4, -0.2) is 50.8 Å². The topological polar surface area (TPSA) is 131 Å². The van der Waals surface area contributed by atoms with Crippen LogP contribution in [0.25, 0.3) is 10.2 Å². The Morgan fingerprint density at radius 1 is 1.29 bits per heavy atom. The van der Waals surface area contributed by atoms with Gasteiger partial charge in [0.25, 0.3) is 5.91 Å². The second-order valence-electron chi connectivity index (χ2n) is 9.53. The van der Waals surface area contributed by atoms with Crippen molar-refractivity contribution < 1.29 is 28.3 Å². The average molecular weight is 558 g/mol. The minimum atomic E-state index is -0.886. The SMILES string of the molecule is O=C1CCC(N2Cc3c(Cl)cc(CNC(=O)OC4CC(c5nccc6scnc56)C4)c(F)c3C2=O)C(=O)N1. The molecular weight excluding hydrogens is 537 g/mol. The molecule has 2 aromatic heterocycles. The summed E-state index contributed by atoms with van der Waals surface area (Å²) in [5.41, 5.74) is 3.62. The van der Waals surface area contributed by atoms with E-state index in [2.05, 4.69) is 20.6 Å². The number of aromatic nitrogens is 2. The minimum Gasteiger partial charge on any atom is -0.446 e. The molecule has 2 N–H and O–H groups in total. The Balaban J connectivity index is 1.07. The zero-order valence-electron chi connectivity index (χ0n) is 19.8. The van der Waals surface area contributed by atoms with Crippen molar-refractivity contribution in [2.75, 3.05) is 0 Å². The summed E-state index contributed by atoms with van der Waals surface area (Å²) in [4.78, 5) is 59.2. The number of nitrogens with zero attached hydrogens (tertiary/aromatic N) is 3. The molecule has 4 amide bonds. The number of fused-ring (bicyclic) bond motifs is 2.